The van der Waals surface area contributed by atoms with Crippen LogP contribution in [0.15, 0.2) is 60.7 Å². The molecule has 4 atom stereocenters. The molecule has 38 heavy (non-hydrogen) atoms. The summed E-state index contributed by atoms with van der Waals surface area (Å²) in [6.45, 7) is 2.60. The number of nitrogens with two attached hydrogens (primary N) is 1. The molecule has 3 rings (SSSR count). The van der Waals surface area contributed by atoms with Crippen molar-refractivity contribution in [1.29, 1.82) is 0 Å². The number of carbonyl (C=O) groups is 4. The summed E-state index contributed by atoms with van der Waals surface area (Å²) in [5.41, 5.74) is 7.99. The van der Waals surface area contributed by atoms with Gasteiger partial charge in [0.1, 0.15) is 6.04 Å². The largest absolute Gasteiger partial charge is 0.466 e. The molecule has 0 bridgehead atoms. The first-order valence-electron chi connectivity index (χ1n) is 13.2. The lowest BCUT2D eigenvalue weighted by atomic mass is 9.94. The molecule has 1 aliphatic heterocycles. The van der Waals surface area contributed by atoms with Crippen molar-refractivity contribution < 1.29 is 23.9 Å². The van der Waals surface area contributed by atoms with Gasteiger partial charge in [0.15, 0.2) is 0 Å². The molecule has 5 N–H and O–H groups in total. The van der Waals surface area contributed by atoms with Gasteiger partial charge in [-0.05, 0) is 43.7 Å². The van der Waals surface area contributed by atoms with Gasteiger partial charge in [-0.3, -0.25) is 19.2 Å². The summed E-state index contributed by atoms with van der Waals surface area (Å²) in [7, 11) is 0. The van der Waals surface area contributed by atoms with E-state index < -0.39 is 24.0 Å². The first-order chi connectivity index (χ1) is 18.4. The number of esters is 1. The van der Waals surface area contributed by atoms with E-state index in [4.69, 9.17) is 10.5 Å². The highest BCUT2D eigenvalue weighted by atomic mass is 16.5. The Bertz CT molecular complexity index is 1060. The van der Waals surface area contributed by atoms with E-state index in [0.29, 0.717) is 32.2 Å². The summed E-state index contributed by atoms with van der Waals surface area (Å²) >= 11 is 0. The van der Waals surface area contributed by atoms with Crippen LogP contribution in [-0.4, -0.2) is 55.0 Å². The van der Waals surface area contributed by atoms with Crippen LogP contribution in [0.25, 0.3) is 0 Å². The Labute approximate surface area is 223 Å². The average Bonchev–Trinajstić information content (AvgIpc) is 3.32. The van der Waals surface area contributed by atoms with Crippen molar-refractivity contribution in [3.8, 4) is 0 Å². The van der Waals surface area contributed by atoms with E-state index in [1.807, 2.05) is 60.7 Å². The normalized spacial score (nSPS) is 17.1. The zero-order valence-electron chi connectivity index (χ0n) is 21.9. The Hall–Kier alpha value is -3.72. The Morgan fingerprint density at radius 3 is 2.18 bits per heavy atom. The van der Waals surface area contributed by atoms with E-state index in [0.717, 1.165) is 11.1 Å². The zero-order valence-corrected chi connectivity index (χ0v) is 21.9. The van der Waals surface area contributed by atoms with E-state index >= 15 is 0 Å². The molecule has 2 aromatic carbocycles. The second-order valence-corrected chi connectivity index (χ2v) is 9.61. The molecule has 204 valence electrons. The van der Waals surface area contributed by atoms with Crippen molar-refractivity contribution >= 4 is 23.7 Å². The van der Waals surface area contributed by atoms with Crippen molar-refractivity contribution in [2.24, 2.45) is 11.7 Å². The minimum absolute atomic E-state index is 0.0543. The molecule has 9 nitrogen and oxygen atoms in total. The average molecular weight is 523 g/mol. The van der Waals surface area contributed by atoms with Crippen molar-refractivity contribution in [3.63, 3.8) is 0 Å². The van der Waals surface area contributed by atoms with Crippen molar-refractivity contribution in [2.45, 2.75) is 63.6 Å². The minimum atomic E-state index is -0.880. The highest BCUT2D eigenvalue weighted by Gasteiger charge is 2.31. The molecule has 0 unspecified atom stereocenters. The summed E-state index contributed by atoms with van der Waals surface area (Å²) in [6, 6.07) is 16.7. The molecule has 9 heteroatoms. The molecule has 0 aliphatic carbocycles. The Kier molecular flexibility index (Phi) is 11.3. The number of rotatable bonds is 14. The Morgan fingerprint density at radius 1 is 0.974 bits per heavy atom. The minimum Gasteiger partial charge on any atom is -0.466 e. The smallest absolute Gasteiger partial charge is 0.305 e. The quantitative estimate of drug-likeness (QED) is 0.278. The second kappa shape index (κ2) is 14.9. The van der Waals surface area contributed by atoms with E-state index in [1.54, 1.807) is 6.92 Å². The van der Waals surface area contributed by atoms with Gasteiger partial charge in [0.2, 0.25) is 17.7 Å². The first kappa shape index (κ1) is 28.8. The van der Waals surface area contributed by atoms with Crippen LogP contribution in [0, 0.1) is 5.92 Å². The third-order valence-corrected chi connectivity index (χ3v) is 6.63. The topological polar surface area (TPSA) is 140 Å². The fourth-order valence-electron chi connectivity index (χ4n) is 4.59. The van der Waals surface area contributed by atoms with Gasteiger partial charge >= 0.3 is 5.97 Å². The van der Waals surface area contributed by atoms with Crippen LogP contribution < -0.4 is 21.7 Å². The lowest BCUT2D eigenvalue weighted by molar-refractivity contribution is -0.143. The Morgan fingerprint density at radius 2 is 1.61 bits per heavy atom. The van der Waals surface area contributed by atoms with Crippen LogP contribution in [-0.2, 0) is 36.8 Å². The summed E-state index contributed by atoms with van der Waals surface area (Å²) in [6.07, 6.45) is 2.12. The third kappa shape index (κ3) is 9.30. The van der Waals surface area contributed by atoms with Gasteiger partial charge in [-0.15, -0.1) is 0 Å². The van der Waals surface area contributed by atoms with Gasteiger partial charge in [-0.2, -0.15) is 0 Å². The molecule has 2 aromatic rings. The molecular formula is C29H38N4O5. The van der Waals surface area contributed by atoms with E-state index in [-0.39, 0.29) is 43.2 Å². The van der Waals surface area contributed by atoms with Crippen LogP contribution in [0.5, 0.6) is 0 Å². The van der Waals surface area contributed by atoms with Crippen LogP contribution >= 0.6 is 0 Å². The molecule has 1 heterocycles. The summed E-state index contributed by atoms with van der Waals surface area (Å²) in [5, 5.41) is 8.64. The number of ether oxygens (including phenoxy) is 1. The number of benzene rings is 2. The SMILES string of the molecule is CCOC(=O)CC[C@H](C[C@@H]1CCNC1=O)NC(=O)[C@H](Cc1ccccc1)NC(=O)[C@H](N)Cc1ccccc1. The fourth-order valence-corrected chi connectivity index (χ4v) is 4.59. The summed E-state index contributed by atoms with van der Waals surface area (Å²) < 4.78 is 5.04. The van der Waals surface area contributed by atoms with Crippen LogP contribution in [0.1, 0.15) is 43.7 Å². The van der Waals surface area contributed by atoms with Crippen molar-refractivity contribution in [2.75, 3.05) is 13.2 Å². The highest BCUT2D eigenvalue weighted by molar-refractivity contribution is 5.90. The number of carbonyl (C=O) groups excluding carboxylic acids is 4. The summed E-state index contributed by atoms with van der Waals surface area (Å²) in [4.78, 5) is 50.7. The number of hydrogen-bond donors (Lipinski definition) is 4. The molecule has 0 spiro atoms. The molecule has 1 fully saturated rings. The zero-order chi connectivity index (χ0) is 27.3. The van der Waals surface area contributed by atoms with Gasteiger partial charge < -0.3 is 26.4 Å². The Balaban J connectivity index is 1.71. The molecule has 0 aromatic heterocycles. The number of amides is 3. The maximum atomic E-state index is 13.5. The van der Waals surface area contributed by atoms with Gasteiger partial charge in [-0.1, -0.05) is 60.7 Å². The molecule has 0 saturated carbocycles. The lowest BCUT2D eigenvalue weighted by Crippen LogP contribution is -2.54. The molecule has 3 amide bonds. The predicted octanol–water partition coefficient (Wildman–Crippen LogP) is 1.64. The molecule has 1 aliphatic rings. The van der Waals surface area contributed by atoms with Crippen molar-refractivity contribution in [3.05, 3.63) is 71.8 Å². The third-order valence-electron chi connectivity index (χ3n) is 6.63. The first-order valence-corrected chi connectivity index (χ1v) is 13.2. The highest BCUT2D eigenvalue weighted by Crippen LogP contribution is 2.19. The van der Waals surface area contributed by atoms with E-state index in [1.165, 1.54) is 0 Å². The van der Waals surface area contributed by atoms with Gasteiger partial charge in [0.25, 0.3) is 0 Å². The standard InChI is InChI=1S/C29H38N4O5/c1-2-38-26(34)14-13-23(19-22-15-16-31-27(22)35)32-29(37)25(18-21-11-7-4-8-12-21)33-28(36)24(30)17-20-9-5-3-6-10-20/h3-12,22-25H,2,13-19,30H2,1H3,(H,31,35)(H,32,37)(H,33,36)/t22-,23+,24+,25-/m0/s1. The molecule has 0 radical (unpaired) electrons. The van der Waals surface area contributed by atoms with E-state index in [9.17, 15) is 19.2 Å². The van der Waals surface area contributed by atoms with Gasteiger partial charge in [-0.25, -0.2) is 0 Å². The van der Waals surface area contributed by atoms with Gasteiger partial charge in [0.05, 0.1) is 12.6 Å². The van der Waals surface area contributed by atoms with E-state index in [2.05, 4.69) is 16.0 Å². The fraction of sp³-hybridized carbons (Fsp3) is 0.448. The number of nitrogens with one attached hydrogen (secondary N) is 3. The van der Waals surface area contributed by atoms with Crippen LogP contribution in [0.3, 0.4) is 0 Å². The molecule has 1 saturated heterocycles. The second-order valence-electron chi connectivity index (χ2n) is 9.61. The number of hydrogen-bond acceptors (Lipinski definition) is 6. The maximum Gasteiger partial charge on any atom is 0.305 e. The van der Waals surface area contributed by atoms with Crippen molar-refractivity contribution in [1.82, 2.24) is 16.0 Å². The van der Waals surface area contributed by atoms with Crippen LogP contribution in [0.2, 0.25) is 0 Å². The monoisotopic (exact) mass is 522 g/mol. The van der Waals surface area contributed by atoms with Crippen LogP contribution in [0.4, 0.5) is 0 Å². The maximum absolute atomic E-state index is 13.5. The lowest BCUT2D eigenvalue weighted by Gasteiger charge is -2.26. The summed E-state index contributed by atoms with van der Waals surface area (Å²) in [5.74, 6) is -1.47. The predicted molar refractivity (Wildman–Crippen MR) is 144 cm³/mol. The molecular weight excluding hydrogens is 484 g/mol. The van der Waals surface area contributed by atoms with Gasteiger partial charge in [0, 0.05) is 31.3 Å².